The molecule has 2 aromatic rings. The molecule has 0 saturated heterocycles. The molecule has 1 aliphatic carbocycles. The zero-order chi connectivity index (χ0) is 16.8. The summed E-state index contributed by atoms with van der Waals surface area (Å²) >= 11 is 0. The summed E-state index contributed by atoms with van der Waals surface area (Å²) in [4.78, 5) is 8.53. The molecule has 24 heavy (non-hydrogen) atoms. The third-order valence-electron chi connectivity index (χ3n) is 4.16. The number of nitrogens with one attached hydrogen (secondary N) is 2. The Morgan fingerprint density at radius 3 is 1.54 bits per heavy atom. The van der Waals surface area contributed by atoms with Gasteiger partial charge in [-0.3, -0.25) is 0 Å². The van der Waals surface area contributed by atoms with E-state index in [2.05, 4.69) is 32.7 Å². The standard InChI is InChI=1S/C18H18N6/c19-11-15-3-1-5-17(23-15)21-13-7-9-14(10-8-13)22-18-6-2-4-16(12-20)24-18/h1-6,13-14H,7-10H2,(H,21,23)(H,22,24). The van der Waals surface area contributed by atoms with Gasteiger partial charge in [-0.15, -0.1) is 0 Å². The van der Waals surface area contributed by atoms with Crippen molar-refractivity contribution in [1.82, 2.24) is 9.97 Å². The number of anilines is 2. The monoisotopic (exact) mass is 318 g/mol. The van der Waals surface area contributed by atoms with Gasteiger partial charge in [0, 0.05) is 12.1 Å². The van der Waals surface area contributed by atoms with Crippen LogP contribution in [0.3, 0.4) is 0 Å². The van der Waals surface area contributed by atoms with Gasteiger partial charge < -0.3 is 10.6 Å². The zero-order valence-electron chi connectivity index (χ0n) is 13.2. The Labute approximate surface area is 141 Å². The van der Waals surface area contributed by atoms with E-state index in [9.17, 15) is 0 Å². The quantitative estimate of drug-likeness (QED) is 0.899. The van der Waals surface area contributed by atoms with Gasteiger partial charge in [0.2, 0.25) is 0 Å². The molecule has 0 bridgehead atoms. The minimum atomic E-state index is 0.364. The average Bonchev–Trinajstić information content (AvgIpc) is 2.64. The van der Waals surface area contributed by atoms with E-state index in [0.717, 1.165) is 37.3 Å². The van der Waals surface area contributed by atoms with E-state index in [4.69, 9.17) is 10.5 Å². The number of nitriles is 2. The van der Waals surface area contributed by atoms with E-state index in [1.807, 2.05) is 24.3 Å². The lowest BCUT2D eigenvalue weighted by molar-refractivity contribution is 0.427. The van der Waals surface area contributed by atoms with Crippen molar-refractivity contribution < 1.29 is 0 Å². The van der Waals surface area contributed by atoms with Crippen LogP contribution in [0.5, 0.6) is 0 Å². The first-order valence-corrected chi connectivity index (χ1v) is 8.04. The molecule has 1 fully saturated rings. The minimum Gasteiger partial charge on any atom is -0.367 e. The van der Waals surface area contributed by atoms with E-state index >= 15 is 0 Å². The van der Waals surface area contributed by atoms with Gasteiger partial charge in [-0.2, -0.15) is 10.5 Å². The van der Waals surface area contributed by atoms with Gasteiger partial charge in [-0.05, 0) is 49.9 Å². The number of hydrogen-bond acceptors (Lipinski definition) is 6. The Morgan fingerprint density at radius 1 is 0.750 bits per heavy atom. The third-order valence-corrected chi connectivity index (χ3v) is 4.16. The number of rotatable bonds is 4. The Balaban J connectivity index is 1.52. The molecule has 120 valence electrons. The Morgan fingerprint density at radius 2 is 1.17 bits per heavy atom. The molecule has 0 amide bonds. The zero-order valence-corrected chi connectivity index (χ0v) is 13.2. The molecule has 0 aliphatic heterocycles. The van der Waals surface area contributed by atoms with Crippen LogP contribution >= 0.6 is 0 Å². The fourth-order valence-corrected chi connectivity index (χ4v) is 2.96. The topological polar surface area (TPSA) is 97.4 Å². The smallest absolute Gasteiger partial charge is 0.142 e. The molecule has 1 aliphatic rings. The van der Waals surface area contributed by atoms with Crippen LogP contribution in [0.4, 0.5) is 11.6 Å². The number of pyridine rings is 2. The number of nitrogens with zero attached hydrogens (tertiary/aromatic N) is 4. The first-order chi connectivity index (χ1) is 11.8. The van der Waals surface area contributed by atoms with Crippen LogP contribution in [0, 0.1) is 22.7 Å². The highest BCUT2D eigenvalue weighted by Crippen LogP contribution is 2.24. The van der Waals surface area contributed by atoms with E-state index in [1.165, 1.54) is 0 Å². The lowest BCUT2D eigenvalue weighted by Gasteiger charge is -2.30. The first kappa shape index (κ1) is 15.8. The van der Waals surface area contributed by atoms with Crippen LogP contribution in [-0.4, -0.2) is 22.1 Å². The Bertz CT molecular complexity index is 713. The van der Waals surface area contributed by atoms with Crippen LogP contribution in [0.2, 0.25) is 0 Å². The molecular formula is C18H18N6. The van der Waals surface area contributed by atoms with Gasteiger partial charge in [0.25, 0.3) is 0 Å². The van der Waals surface area contributed by atoms with Gasteiger partial charge in [0.15, 0.2) is 0 Å². The predicted octanol–water partition coefficient (Wildman–Crippen LogP) is 3.06. The summed E-state index contributed by atoms with van der Waals surface area (Å²) in [6.07, 6.45) is 4.09. The van der Waals surface area contributed by atoms with Gasteiger partial charge in [-0.25, -0.2) is 9.97 Å². The fourth-order valence-electron chi connectivity index (χ4n) is 2.96. The minimum absolute atomic E-state index is 0.364. The summed E-state index contributed by atoms with van der Waals surface area (Å²) < 4.78 is 0. The molecule has 0 radical (unpaired) electrons. The maximum absolute atomic E-state index is 8.91. The van der Waals surface area contributed by atoms with Gasteiger partial charge in [0.1, 0.15) is 35.2 Å². The summed E-state index contributed by atoms with van der Waals surface area (Å²) in [5.41, 5.74) is 0.859. The van der Waals surface area contributed by atoms with Crippen molar-refractivity contribution in [3.63, 3.8) is 0 Å². The van der Waals surface area contributed by atoms with Gasteiger partial charge >= 0.3 is 0 Å². The van der Waals surface area contributed by atoms with E-state index in [0.29, 0.717) is 23.5 Å². The van der Waals surface area contributed by atoms with Crippen LogP contribution in [0.25, 0.3) is 0 Å². The first-order valence-electron chi connectivity index (χ1n) is 8.04. The maximum Gasteiger partial charge on any atom is 0.142 e. The predicted molar refractivity (Wildman–Crippen MR) is 91.2 cm³/mol. The molecule has 0 aromatic carbocycles. The van der Waals surface area contributed by atoms with E-state index in [1.54, 1.807) is 12.1 Å². The van der Waals surface area contributed by atoms with Gasteiger partial charge in [0.05, 0.1) is 0 Å². The summed E-state index contributed by atoms with van der Waals surface area (Å²) in [7, 11) is 0. The van der Waals surface area contributed by atoms with E-state index < -0.39 is 0 Å². The molecule has 2 aromatic heterocycles. The Kier molecular flexibility index (Phi) is 4.88. The van der Waals surface area contributed by atoms with Crippen molar-refractivity contribution >= 4 is 11.6 Å². The largest absolute Gasteiger partial charge is 0.367 e. The molecule has 0 atom stereocenters. The summed E-state index contributed by atoms with van der Waals surface area (Å²) in [5, 5.41) is 24.6. The van der Waals surface area contributed by atoms with Crippen LogP contribution in [0.15, 0.2) is 36.4 Å². The lowest BCUT2D eigenvalue weighted by atomic mass is 9.91. The molecule has 2 heterocycles. The SMILES string of the molecule is N#Cc1cccc(NC2CCC(Nc3cccc(C#N)n3)CC2)n1. The van der Waals surface area contributed by atoms with Crippen molar-refractivity contribution in [2.75, 3.05) is 10.6 Å². The van der Waals surface area contributed by atoms with Crippen molar-refractivity contribution in [3.8, 4) is 12.1 Å². The number of hydrogen-bond donors (Lipinski definition) is 2. The third kappa shape index (κ3) is 3.99. The van der Waals surface area contributed by atoms with Crippen molar-refractivity contribution in [2.24, 2.45) is 0 Å². The molecular weight excluding hydrogens is 300 g/mol. The molecule has 6 nitrogen and oxygen atoms in total. The highest BCUT2D eigenvalue weighted by molar-refractivity contribution is 5.41. The van der Waals surface area contributed by atoms with Crippen molar-refractivity contribution in [1.29, 1.82) is 10.5 Å². The molecule has 0 unspecified atom stereocenters. The second-order valence-electron chi connectivity index (χ2n) is 5.88. The molecule has 6 heteroatoms. The van der Waals surface area contributed by atoms with Gasteiger partial charge in [-0.1, -0.05) is 12.1 Å². The Hall–Kier alpha value is -3.12. The summed E-state index contributed by atoms with van der Waals surface area (Å²) in [5.74, 6) is 1.52. The lowest BCUT2D eigenvalue weighted by Crippen LogP contribution is -2.32. The van der Waals surface area contributed by atoms with Crippen LogP contribution in [0.1, 0.15) is 37.1 Å². The number of aromatic nitrogens is 2. The van der Waals surface area contributed by atoms with Crippen LogP contribution < -0.4 is 10.6 Å². The highest BCUT2D eigenvalue weighted by Gasteiger charge is 2.21. The molecule has 1 saturated carbocycles. The normalized spacial score (nSPS) is 19.8. The average molecular weight is 318 g/mol. The van der Waals surface area contributed by atoms with Crippen LogP contribution in [-0.2, 0) is 0 Å². The second-order valence-corrected chi connectivity index (χ2v) is 5.88. The fraction of sp³-hybridized carbons (Fsp3) is 0.333. The van der Waals surface area contributed by atoms with Crippen molar-refractivity contribution in [2.45, 2.75) is 37.8 Å². The molecule has 3 rings (SSSR count). The molecule has 2 N–H and O–H groups in total. The highest BCUT2D eigenvalue weighted by atomic mass is 15.0. The molecule has 0 spiro atoms. The van der Waals surface area contributed by atoms with Crippen molar-refractivity contribution in [3.05, 3.63) is 47.8 Å². The maximum atomic E-state index is 8.91. The van der Waals surface area contributed by atoms with E-state index in [-0.39, 0.29) is 0 Å². The second kappa shape index (κ2) is 7.43. The summed E-state index contributed by atoms with van der Waals surface area (Å²) in [6, 6.07) is 15.7. The summed E-state index contributed by atoms with van der Waals surface area (Å²) in [6.45, 7) is 0.